The Kier molecular flexibility index (Phi) is 5.25. The molecule has 0 fully saturated rings. The van der Waals surface area contributed by atoms with Crippen LogP contribution in [0.5, 0.6) is 0 Å². The molecule has 0 amide bonds. The van der Waals surface area contributed by atoms with E-state index >= 15 is 0 Å². The van der Waals surface area contributed by atoms with Gasteiger partial charge >= 0.3 is 5.69 Å². The van der Waals surface area contributed by atoms with Crippen LogP contribution >= 0.6 is 0 Å². The van der Waals surface area contributed by atoms with Crippen LogP contribution in [0, 0.1) is 10.1 Å². The summed E-state index contributed by atoms with van der Waals surface area (Å²) in [6, 6.07) is 3.57. The van der Waals surface area contributed by atoms with Gasteiger partial charge in [-0.15, -0.1) is 0 Å². The Morgan fingerprint density at radius 3 is 2.43 bits per heavy atom. The molecule has 3 N–H and O–H groups in total. The zero-order valence-corrected chi connectivity index (χ0v) is 12.8. The Morgan fingerprint density at radius 1 is 1.29 bits per heavy atom. The van der Waals surface area contributed by atoms with Crippen LogP contribution in [0.25, 0.3) is 0 Å². The highest BCUT2D eigenvalue weighted by atomic mass is 32.2. The largest absolute Gasteiger partial charge is 0.393 e. The Balaban J connectivity index is 2.94. The van der Waals surface area contributed by atoms with Crippen LogP contribution in [-0.4, -0.2) is 40.3 Å². The number of para-hydroxylation sites is 1. The summed E-state index contributed by atoms with van der Waals surface area (Å²) in [7, 11) is -7.34. The van der Waals surface area contributed by atoms with Crippen molar-refractivity contribution in [2.45, 2.75) is 11.3 Å². The molecule has 1 aromatic carbocycles. The van der Waals surface area contributed by atoms with E-state index in [9.17, 15) is 26.9 Å². The van der Waals surface area contributed by atoms with Crippen LogP contribution < -0.4 is 10.5 Å². The molecule has 0 saturated carbocycles. The van der Waals surface area contributed by atoms with E-state index in [0.29, 0.717) is 0 Å². The number of nitro benzene ring substituents is 1. The molecule has 0 aliphatic rings. The van der Waals surface area contributed by atoms with Crippen LogP contribution in [0.4, 0.5) is 11.4 Å². The summed E-state index contributed by atoms with van der Waals surface area (Å²) >= 11 is 0. The molecule has 0 aromatic heterocycles. The number of sulfone groups is 1. The third-order valence-electron chi connectivity index (χ3n) is 2.49. The van der Waals surface area contributed by atoms with E-state index in [1.807, 2.05) is 0 Å². The molecule has 0 spiro atoms. The fourth-order valence-corrected chi connectivity index (χ4v) is 3.51. The summed E-state index contributed by atoms with van der Waals surface area (Å²) in [6.45, 7) is -0.151. The molecule has 118 valence electrons. The van der Waals surface area contributed by atoms with Gasteiger partial charge in [0, 0.05) is 12.8 Å². The first-order valence-corrected chi connectivity index (χ1v) is 9.29. The Bertz CT molecular complexity index is 742. The fourth-order valence-electron chi connectivity index (χ4n) is 1.57. The maximum atomic E-state index is 12.0. The van der Waals surface area contributed by atoms with E-state index < -0.39 is 35.4 Å². The van der Waals surface area contributed by atoms with Gasteiger partial charge in [-0.05, 0) is 18.6 Å². The van der Waals surface area contributed by atoms with Gasteiger partial charge < -0.3 is 5.73 Å². The normalized spacial score (nSPS) is 12.2. The number of hydrogen-bond donors (Lipinski definition) is 2. The molecule has 0 unspecified atom stereocenters. The fraction of sp³-hybridized carbons (Fsp3) is 0.400. The summed E-state index contributed by atoms with van der Waals surface area (Å²) in [4.78, 5) is 9.48. The average molecular weight is 337 g/mol. The second-order valence-electron chi connectivity index (χ2n) is 4.33. The van der Waals surface area contributed by atoms with E-state index in [1.54, 1.807) is 0 Å². The molecular weight excluding hydrogens is 322 g/mol. The van der Waals surface area contributed by atoms with Gasteiger partial charge in [-0.25, -0.2) is 21.6 Å². The Labute approximate surface area is 122 Å². The van der Waals surface area contributed by atoms with Crippen molar-refractivity contribution in [3.63, 3.8) is 0 Å². The SMILES string of the molecule is CS(=O)(=O)CCCNS(=O)(=O)c1cccc(N)c1[N+](=O)[O-]. The maximum Gasteiger partial charge on any atom is 0.312 e. The lowest BCUT2D eigenvalue weighted by Crippen LogP contribution is -2.27. The van der Waals surface area contributed by atoms with Gasteiger partial charge in [0.1, 0.15) is 15.5 Å². The van der Waals surface area contributed by atoms with Crippen molar-refractivity contribution < 1.29 is 21.8 Å². The molecule has 9 nitrogen and oxygen atoms in total. The lowest BCUT2D eigenvalue weighted by atomic mass is 10.3. The molecule has 1 aromatic rings. The number of sulfonamides is 1. The van der Waals surface area contributed by atoms with E-state index in [2.05, 4.69) is 4.72 Å². The number of nitrogen functional groups attached to an aromatic ring is 1. The molecule has 0 bridgehead atoms. The van der Waals surface area contributed by atoms with Crippen LogP contribution in [0.1, 0.15) is 6.42 Å². The Morgan fingerprint density at radius 2 is 1.90 bits per heavy atom. The number of nitrogens with one attached hydrogen (secondary N) is 1. The summed E-state index contributed by atoms with van der Waals surface area (Å²) in [5.74, 6) is -0.186. The summed E-state index contributed by atoms with van der Waals surface area (Å²) in [5.41, 5.74) is 4.45. The van der Waals surface area contributed by atoms with E-state index in [1.165, 1.54) is 12.1 Å². The van der Waals surface area contributed by atoms with Crippen LogP contribution in [0.2, 0.25) is 0 Å². The predicted octanol–water partition coefficient (Wildman–Crippen LogP) is -0.110. The first-order chi connectivity index (χ1) is 9.54. The van der Waals surface area contributed by atoms with Gasteiger partial charge in [-0.3, -0.25) is 10.1 Å². The molecule has 11 heteroatoms. The highest BCUT2D eigenvalue weighted by Gasteiger charge is 2.27. The Hall–Kier alpha value is -1.72. The zero-order valence-electron chi connectivity index (χ0n) is 11.1. The van der Waals surface area contributed by atoms with Crippen LogP contribution in [0.3, 0.4) is 0 Å². The molecule has 21 heavy (non-hydrogen) atoms. The zero-order chi connectivity index (χ0) is 16.3. The van der Waals surface area contributed by atoms with Gasteiger partial charge in [0.05, 0.1) is 10.7 Å². The molecule has 0 radical (unpaired) electrons. The van der Waals surface area contributed by atoms with Gasteiger partial charge in [0.15, 0.2) is 4.90 Å². The van der Waals surface area contributed by atoms with Crippen molar-refractivity contribution in [3.05, 3.63) is 28.3 Å². The van der Waals surface area contributed by atoms with Crippen LogP contribution in [0.15, 0.2) is 23.1 Å². The smallest absolute Gasteiger partial charge is 0.312 e. The third kappa shape index (κ3) is 4.95. The number of nitro groups is 1. The molecule has 0 aliphatic heterocycles. The number of nitrogens with two attached hydrogens (primary N) is 1. The van der Waals surface area contributed by atoms with Crippen molar-refractivity contribution in [2.75, 3.05) is 24.3 Å². The molecule has 1 rings (SSSR count). The van der Waals surface area contributed by atoms with E-state index in [0.717, 1.165) is 12.3 Å². The first kappa shape index (κ1) is 17.3. The summed E-state index contributed by atoms with van der Waals surface area (Å²) in [6.07, 6.45) is 1.10. The lowest BCUT2D eigenvalue weighted by Gasteiger charge is -2.08. The minimum absolute atomic E-state index is 0.0637. The maximum absolute atomic E-state index is 12.0. The summed E-state index contributed by atoms with van der Waals surface area (Å²) in [5, 5.41) is 10.9. The van der Waals surface area contributed by atoms with Crippen molar-refractivity contribution in [2.24, 2.45) is 0 Å². The van der Waals surface area contributed by atoms with E-state index in [4.69, 9.17) is 5.73 Å². The van der Waals surface area contributed by atoms with Crippen molar-refractivity contribution in [3.8, 4) is 0 Å². The lowest BCUT2D eigenvalue weighted by molar-refractivity contribution is -0.386. The first-order valence-electron chi connectivity index (χ1n) is 5.75. The minimum Gasteiger partial charge on any atom is -0.393 e. The van der Waals surface area contributed by atoms with Crippen LogP contribution in [-0.2, 0) is 19.9 Å². The second kappa shape index (κ2) is 6.37. The van der Waals surface area contributed by atoms with Gasteiger partial charge in [-0.2, -0.15) is 0 Å². The standard InChI is InChI=1S/C10H15N3O6S2/c1-20(16,17)7-3-6-12-21(18,19)9-5-2-4-8(11)10(9)13(14)15/h2,4-5,12H,3,6-7,11H2,1H3. The predicted molar refractivity (Wildman–Crippen MR) is 77.0 cm³/mol. The monoisotopic (exact) mass is 337 g/mol. The second-order valence-corrected chi connectivity index (χ2v) is 8.33. The van der Waals surface area contributed by atoms with Crippen molar-refractivity contribution in [1.82, 2.24) is 4.72 Å². The van der Waals surface area contributed by atoms with Gasteiger partial charge in [0.2, 0.25) is 10.0 Å². The average Bonchev–Trinajstić information content (AvgIpc) is 2.33. The number of nitrogens with zero attached hydrogens (tertiary/aromatic N) is 1. The molecular formula is C10H15N3O6S2. The third-order valence-corrected chi connectivity index (χ3v) is 5.01. The topological polar surface area (TPSA) is 149 Å². The van der Waals surface area contributed by atoms with Gasteiger partial charge in [0.25, 0.3) is 0 Å². The quantitative estimate of drug-likeness (QED) is 0.305. The molecule has 0 saturated heterocycles. The van der Waals surface area contributed by atoms with Crippen molar-refractivity contribution in [1.29, 1.82) is 0 Å². The summed E-state index contributed by atoms with van der Waals surface area (Å²) < 4.78 is 48.0. The molecule has 0 heterocycles. The highest BCUT2D eigenvalue weighted by Crippen LogP contribution is 2.29. The highest BCUT2D eigenvalue weighted by molar-refractivity contribution is 7.90. The number of anilines is 1. The van der Waals surface area contributed by atoms with E-state index in [-0.39, 0.29) is 24.4 Å². The van der Waals surface area contributed by atoms with Gasteiger partial charge in [-0.1, -0.05) is 6.07 Å². The number of benzene rings is 1. The molecule has 0 aliphatic carbocycles. The number of hydrogen-bond acceptors (Lipinski definition) is 7. The minimum atomic E-state index is -4.14. The number of rotatable bonds is 7. The van der Waals surface area contributed by atoms with Crippen molar-refractivity contribution >= 4 is 31.2 Å². The molecule has 0 atom stereocenters.